The lowest BCUT2D eigenvalue weighted by atomic mass is 10.3. The van der Waals surface area contributed by atoms with Crippen LogP contribution in [0.15, 0.2) is 0 Å². The Morgan fingerprint density at radius 2 is 2.30 bits per heavy atom. The van der Waals surface area contributed by atoms with E-state index in [0.717, 1.165) is 0 Å². The molecule has 0 saturated carbocycles. The van der Waals surface area contributed by atoms with Gasteiger partial charge in [-0.2, -0.15) is 0 Å². The van der Waals surface area contributed by atoms with Crippen LogP contribution in [0.3, 0.4) is 0 Å². The summed E-state index contributed by atoms with van der Waals surface area (Å²) >= 11 is 1.18. The number of esters is 1. The average molecular weight is 164 g/mol. The molecule has 0 saturated heterocycles. The molecule has 0 bridgehead atoms. The third-order valence-corrected chi connectivity index (χ3v) is 1.47. The van der Waals surface area contributed by atoms with E-state index in [1.807, 2.05) is 6.92 Å². The fourth-order valence-electron chi connectivity index (χ4n) is 0.522. The molecule has 0 radical (unpaired) electrons. The number of methoxy groups -OCH3 is 1. The SMILES string of the molecule is CC[C@@H](OSC)C(=O)OC. The first kappa shape index (κ1) is 9.78. The minimum atomic E-state index is -0.417. The monoisotopic (exact) mass is 164 g/mol. The lowest BCUT2D eigenvalue weighted by Gasteiger charge is -2.09. The number of rotatable bonds is 4. The van der Waals surface area contributed by atoms with Crippen LogP contribution < -0.4 is 0 Å². The molecule has 0 heterocycles. The van der Waals surface area contributed by atoms with E-state index >= 15 is 0 Å². The van der Waals surface area contributed by atoms with Crippen LogP contribution in [0.25, 0.3) is 0 Å². The van der Waals surface area contributed by atoms with Crippen molar-refractivity contribution in [2.24, 2.45) is 0 Å². The van der Waals surface area contributed by atoms with Gasteiger partial charge in [-0.05, 0) is 18.5 Å². The van der Waals surface area contributed by atoms with Crippen LogP contribution >= 0.6 is 12.0 Å². The average Bonchev–Trinajstić information content (AvgIpc) is 1.99. The van der Waals surface area contributed by atoms with Gasteiger partial charge in [-0.25, -0.2) is 4.79 Å². The van der Waals surface area contributed by atoms with Crippen LogP contribution in [-0.4, -0.2) is 25.4 Å². The van der Waals surface area contributed by atoms with E-state index in [4.69, 9.17) is 4.18 Å². The first-order chi connectivity index (χ1) is 4.76. The minimum Gasteiger partial charge on any atom is -0.467 e. The van der Waals surface area contributed by atoms with Crippen molar-refractivity contribution in [3.63, 3.8) is 0 Å². The van der Waals surface area contributed by atoms with E-state index in [9.17, 15) is 4.79 Å². The van der Waals surface area contributed by atoms with Crippen molar-refractivity contribution in [3.05, 3.63) is 0 Å². The summed E-state index contributed by atoms with van der Waals surface area (Å²) in [5, 5.41) is 0. The minimum absolute atomic E-state index is 0.308. The predicted octanol–water partition coefficient (Wildman–Crippen LogP) is 1.23. The molecule has 0 fully saturated rings. The second-order valence-corrected chi connectivity index (χ2v) is 2.21. The largest absolute Gasteiger partial charge is 0.467 e. The highest BCUT2D eigenvalue weighted by Crippen LogP contribution is 2.07. The first-order valence-corrected chi connectivity index (χ1v) is 4.18. The maximum Gasteiger partial charge on any atom is 0.336 e. The molecule has 0 aromatic heterocycles. The smallest absolute Gasteiger partial charge is 0.336 e. The molecular weight excluding hydrogens is 152 g/mol. The van der Waals surface area contributed by atoms with Gasteiger partial charge in [0.1, 0.15) is 0 Å². The molecule has 0 aliphatic heterocycles. The summed E-state index contributed by atoms with van der Waals surface area (Å²) in [4.78, 5) is 10.8. The maximum atomic E-state index is 10.8. The van der Waals surface area contributed by atoms with Gasteiger partial charge in [-0.3, -0.25) is 0 Å². The van der Waals surface area contributed by atoms with Crippen LogP contribution in [0.2, 0.25) is 0 Å². The molecule has 60 valence electrons. The summed E-state index contributed by atoms with van der Waals surface area (Å²) in [5.74, 6) is -0.308. The molecule has 1 atom stereocenters. The Morgan fingerprint density at radius 1 is 1.70 bits per heavy atom. The number of hydrogen-bond acceptors (Lipinski definition) is 4. The van der Waals surface area contributed by atoms with Gasteiger partial charge in [0.05, 0.1) is 7.11 Å². The molecule has 0 unspecified atom stereocenters. The topological polar surface area (TPSA) is 35.5 Å². The van der Waals surface area contributed by atoms with Gasteiger partial charge in [-0.1, -0.05) is 6.92 Å². The second kappa shape index (κ2) is 5.56. The van der Waals surface area contributed by atoms with Crippen molar-refractivity contribution in [1.82, 2.24) is 0 Å². The molecule has 4 heteroatoms. The van der Waals surface area contributed by atoms with E-state index in [1.54, 1.807) is 6.26 Å². The summed E-state index contributed by atoms with van der Waals surface area (Å²) in [5.41, 5.74) is 0. The Labute approximate surface area is 65.3 Å². The molecule has 0 aromatic rings. The zero-order chi connectivity index (χ0) is 7.98. The highest BCUT2D eigenvalue weighted by Gasteiger charge is 2.16. The Balaban J connectivity index is 3.68. The van der Waals surface area contributed by atoms with Gasteiger partial charge >= 0.3 is 5.97 Å². The third-order valence-electron chi connectivity index (χ3n) is 1.05. The van der Waals surface area contributed by atoms with Gasteiger partial charge in [0.15, 0.2) is 6.10 Å². The summed E-state index contributed by atoms with van der Waals surface area (Å²) in [6.07, 6.45) is 2.00. The van der Waals surface area contributed by atoms with Gasteiger partial charge in [0, 0.05) is 6.26 Å². The number of carbonyl (C=O) groups is 1. The lowest BCUT2D eigenvalue weighted by Crippen LogP contribution is -2.22. The van der Waals surface area contributed by atoms with Crippen LogP contribution in [-0.2, 0) is 13.7 Å². The molecule has 0 spiro atoms. The molecule has 0 N–H and O–H groups in total. The van der Waals surface area contributed by atoms with Gasteiger partial charge in [-0.15, -0.1) is 0 Å². The van der Waals surface area contributed by atoms with Crippen molar-refractivity contribution in [2.45, 2.75) is 19.4 Å². The summed E-state index contributed by atoms with van der Waals surface area (Å²) in [6, 6.07) is 0. The van der Waals surface area contributed by atoms with Gasteiger partial charge in [0.25, 0.3) is 0 Å². The molecule has 0 aromatic carbocycles. The Bertz CT molecular complexity index is 105. The molecule has 0 aliphatic carbocycles. The second-order valence-electron chi connectivity index (χ2n) is 1.68. The van der Waals surface area contributed by atoms with Crippen molar-refractivity contribution in [2.75, 3.05) is 13.4 Å². The fourth-order valence-corrected chi connectivity index (χ4v) is 0.969. The molecule has 0 aliphatic rings. The van der Waals surface area contributed by atoms with Crippen LogP contribution in [0.5, 0.6) is 0 Å². The van der Waals surface area contributed by atoms with E-state index < -0.39 is 6.10 Å². The summed E-state index contributed by atoms with van der Waals surface area (Å²) < 4.78 is 9.46. The predicted molar refractivity (Wildman–Crippen MR) is 40.7 cm³/mol. The number of hydrogen-bond donors (Lipinski definition) is 0. The van der Waals surface area contributed by atoms with Gasteiger partial charge < -0.3 is 8.92 Å². The van der Waals surface area contributed by atoms with E-state index in [0.29, 0.717) is 6.42 Å². The normalized spacial score (nSPS) is 12.7. The highest BCUT2D eigenvalue weighted by atomic mass is 32.2. The number of carbonyl (C=O) groups excluding carboxylic acids is 1. The molecule has 10 heavy (non-hydrogen) atoms. The van der Waals surface area contributed by atoms with Crippen LogP contribution in [0.4, 0.5) is 0 Å². The van der Waals surface area contributed by atoms with Crippen molar-refractivity contribution < 1.29 is 13.7 Å². The first-order valence-electron chi connectivity index (χ1n) is 3.03. The third kappa shape index (κ3) is 3.08. The Morgan fingerprint density at radius 3 is 2.60 bits per heavy atom. The highest BCUT2D eigenvalue weighted by molar-refractivity contribution is 7.93. The summed E-state index contributed by atoms with van der Waals surface area (Å²) in [6.45, 7) is 1.87. The van der Waals surface area contributed by atoms with E-state index in [2.05, 4.69) is 4.74 Å². The maximum absolute atomic E-state index is 10.8. The number of ether oxygens (including phenoxy) is 1. The zero-order valence-electron chi connectivity index (χ0n) is 6.42. The molecule has 0 rings (SSSR count). The van der Waals surface area contributed by atoms with Crippen LogP contribution in [0.1, 0.15) is 13.3 Å². The van der Waals surface area contributed by atoms with Crippen molar-refractivity contribution in [1.29, 1.82) is 0 Å². The van der Waals surface area contributed by atoms with Gasteiger partial charge in [0.2, 0.25) is 0 Å². The van der Waals surface area contributed by atoms with E-state index in [1.165, 1.54) is 19.2 Å². The summed E-state index contributed by atoms with van der Waals surface area (Å²) in [7, 11) is 1.36. The molecule has 0 amide bonds. The Kier molecular flexibility index (Phi) is 5.43. The molecular formula is C6H12O3S. The van der Waals surface area contributed by atoms with Crippen LogP contribution in [0, 0.1) is 0 Å². The fraction of sp³-hybridized carbons (Fsp3) is 0.833. The van der Waals surface area contributed by atoms with Crippen molar-refractivity contribution >= 4 is 18.0 Å². The lowest BCUT2D eigenvalue weighted by molar-refractivity contribution is -0.148. The van der Waals surface area contributed by atoms with E-state index in [-0.39, 0.29) is 5.97 Å². The molecule has 3 nitrogen and oxygen atoms in total. The zero-order valence-corrected chi connectivity index (χ0v) is 7.23. The Hall–Kier alpha value is -0.220. The quantitative estimate of drug-likeness (QED) is 0.462. The standard InChI is InChI=1S/C6H12O3S/c1-4-5(9-10-3)6(7)8-2/h5H,4H2,1-3H3/t5-/m1/s1. The van der Waals surface area contributed by atoms with Crippen molar-refractivity contribution in [3.8, 4) is 0 Å².